The monoisotopic (exact) mass is 266 g/mol. The number of thioether (sulfide) groups is 1. The van der Waals surface area contributed by atoms with E-state index >= 15 is 0 Å². The molecule has 0 spiro atoms. The Morgan fingerprint density at radius 3 is 2.94 bits per heavy atom. The zero-order valence-electron chi connectivity index (χ0n) is 9.58. The van der Waals surface area contributed by atoms with Crippen LogP contribution in [0.1, 0.15) is 12.8 Å². The van der Waals surface area contributed by atoms with Crippen molar-refractivity contribution in [3.63, 3.8) is 0 Å². The van der Waals surface area contributed by atoms with Gasteiger partial charge in [-0.2, -0.15) is 0 Å². The quantitative estimate of drug-likeness (QED) is 0.484. The van der Waals surface area contributed by atoms with Crippen LogP contribution in [0.5, 0.6) is 0 Å². The number of aliphatic imine (C=N–C) groups is 1. The Labute approximate surface area is 111 Å². The highest BCUT2D eigenvalue weighted by atomic mass is 35.5. The number of hydrogen-bond acceptors (Lipinski definition) is 3. The molecule has 1 aromatic rings. The smallest absolute Gasteiger partial charge is 0.0759 e. The van der Waals surface area contributed by atoms with E-state index in [4.69, 9.17) is 11.6 Å². The number of fused-ring (bicyclic) bond motifs is 1. The van der Waals surface area contributed by atoms with Gasteiger partial charge in [-0.05, 0) is 43.7 Å². The molecule has 0 aromatic heterocycles. The van der Waals surface area contributed by atoms with Crippen LogP contribution in [0.25, 0.3) is 0 Å². The third kappa shape index (κ3) is 2.37. The van der Waals surface area contributed by atoms with E-state index < -0.39 is 0 Å². The van der Waals surface area contributed by atoms with E-state index in [-0.39, 0.29) is 0 Å². The second kappa shape index (κ2) is 4.30. The summed E-state index contributed by atoms with van der Waals surface area (Å²) in [6.07, 6.45) is 2.79. The Morgan fingerprint density at radius 2 is 2.29 bits per heavy atom. The molecule has 17 heavy (non-hydrogen) atoms. The van der Waals surface area contributed by atoms with E-state index in [1.165, 1.54) is 12.8 Å². The van der Waals surface area contributed by atoms with Gasteiger partial charge in [0, 0.05) is 27.8 Å². The number of hydrogen-bond donors (Lipinski definition) is 1. The lowest BCUT2D eigenvalue weighted by atomic mass is 10.3. The fourth-order valence-corrected chi connectivity index (χ4v) is 3.34. The Morgan fingerprint density at radius 1 is 1.53 bits per heavy atom. The fraction of sp³-hybridized carbons (Fsp3) is 0.462. The summed E-state index contributed by atoms with van der Waals surface area (Å²) in [4.78, 5) is 5.13. The maximum atomic E-state index is 5.98. The molecular formula is C13H15ClN2S. The zero-order valence-corrected chi connectivity index (χ0v) is 11.2. The molecule has 1 aromatic carbocycles. The molecule has 2 nitrogen and oxygen atoms in total. The molecule has 2 aliphatic carbocycles. The van der Waals surface area contributed by atoms with Gasteiger partial charge in [0.15, 0.2) is 0 Å². The van der Waals surface area contributed by atoms with Crippen molar-refractivity contribution in [1.29, 1.82) is 0 Å². The predicted molar refractivity (Wildman–Crippen MR) is 74.8 cm³/mol. The summed E-state index contributed by atoms with van der Waals surface area (Å²) in [5.41, 5.74) is 1.50. The molecule has 90 valence electrons. The first-order valence-corrected chi connectivity index (χ1v) is 7.24. The Kier molecular flexibility index (Phi) is 2.93. The number of nitrogens with one attached hydrogen (secondary N) is 1. The van der Waals surface area contributed by atoms with Crippen molar-refractivity contribution < 1.29 is 0 Å². The summed E-state index contributed by atoms with van der Waals surface area (Å²) in [6, 6.07) is 5.74. The maximum Gasteiger partial charge on any atom is 0.0759 e. The van der Waals surface area contributed by atoms with E-state index in [2.05, 4.69) is 17.0 Å². The van der Waals surface area contributed by atoms with Crippen molar-refractivity contribution >= 4 is 35.8 Å². The highest BCUT2D eigenvalue weighted by Crippen LogP contribution is 2.66. The zero-order chi connectivity index (χ0) is 11.9. The topological polar surface area (TPSA) is 24.4 Å². The first-order valence-electron chi connectivity index (χ1n) is 5.88. The highest BCUT2D eigenvalue weighted by molar-refractivity contribution is 7.99. The first-order chi connectivity index (χ1) is 8.23. The van der Waals surface area contributed by atoms with Gasteiger partial charge in [0.2, 0.25) is 0 Å². The summed E-state index contributed by atoms with van der Waals surface area (Å²) < 4.78 is 0. The molecule has 2 saturated carbocycles. The van der Waals surface area contributed by atoms with Gasteiger partial charge in [0.1, 0.15) is 0 Å². The van der Waals surface area contributed by atoms with Crippen LogP contribution in [0.3, 0.4) is 0 Å². The molecule has 0 amide bonds. The molecular weight excluding hydrogens is 252 g/mol. The van der Waals surface area contributed by atoms with Crippen LogP contribution < -0.4 is 5.32 Å². The number of nitrogens with zero attached hydrogens (tertiary/aromatic N) is 1. The van der Waals surface area contributed by atoms with Crippen LogP contribution in [0.4, 0.5) is 5.69 Å². The predicted octanol–water partition coefficient (Wildman–Crippen LogP) is 3.52. The molecule has 0 aliphatic heterocycles. The molecule has 0 saturated heterocycles. The van der Waals surface area contributed by atoms with Crippen molar-refractivity contribution in [2.75, 3.05) is 12.3 Å². The molecule has 0 bridgehead atoms. The SMILES string of the molecule is C=Nc1ccc(Cl)cc1SCCNC12CC1C2. The minimum absolute atomic E-state index is 0.578. The minimum Gasteiger partial charge on any atom is -0.310 e. The molecule has 2 fully saturated rings. The van der Waals surface area contributed by atoms with Crippen molar-refractivity contribution in [2.24, 2.45) is 10.9 Å². The van der Waals surface area contributed by atoms with Gasteiger partial charge in [0.25, 0.3) is 0 Å². The number of rotatable bonds is 6. The second-order valence-corrected chi connectivity index (χ2v) is 6.38. The van der Waals surface area contributed by atoms with Gasteiger partial charge >= 0.3 is 0 Å². The second-order valence-electron chi connectivity index (χ2n) is 4.81. The van der Waals surface area contributed by atoms with Crippen molar-refractivity contribution in [3.8, 4) is 0 Å². The molecule has 4 heteroatoms. The lowest BCUT2D eigenvalue weighted by Crippen LogP contribution is -2.25. The molecule has 0 unspecified atom stereocenters. The van der Waals surface area contributed by atoms with Crippen molar-refractivity contribution in [2.45, 2.75) is 23.3 Å². The molecule has 2 aliphatic rings. The lowest BCUT2D eigenvalue weighted by molar-refractivity contribution is 0.614. The van der Waals surface area contributed by atoms with Crippen LogP contribution >= 0.6 is 23.4 Å². The van der Waals surface area contributed by atoms with Gasteiger partial charge in [-0.15, -0.1) is 11.8 Å². The summed E-state index contributed by atoms with van der Waals surface area (Å²) in [5, 5.41) is 4.39. The summed E-state index contributed by atoms with van der Waals surface area (Å²) in [5.74, 6) is 2.06. The third-order valence-electron chi connectivity index (χ3n) is 3.61. The highest BCUT2D eigenvalue weighted by Gasteiger charge is 2.69. The van der Waals surface area contributed by atoms with Crippen molar-refractivity contribution in [3.05, 3.63) is 23.2 Å². The summed E-state index contributed by atoms with van der Waals surface area (Å²) in [6.45, 7) is 4.64. The van der Waals surface area contributed by atoms with E-state index in [0.717, 1.165) is 33.8 Å². The third-order valence-corrected chi connectivity index (χ3v) is 4.89. The van der Waals surface area contributed by atoms with E-state index in [0.29, 0.717) is 5.54 Å². The molecule has 0 radical (unpaired) electrons. The fourth-order valence-electron chi connectivity index (χ4n) is 2.19. The largest absolute Gasteiger partial charge is 0.310 e. The van der Waals surface area contributed by atoms with Gasteiger partial charge in [-0.3, -0.25) is 4.99 Å². The van der Waals surface area contributed by atoms with Crippen LogP contribution in [-0.2, 0) is 0 Å². The van der Waals surface area contributed by atoms with Crippen LogP contribution in [0.2, 0.25) is 5.02 Å². The number of benzene rings is 1. The summed E-state index contributed by atoms with van der Waals surface area (Å²) in [7, 11) is 0. The molecule has 1 N–H and O–H groups in total. The van der Waals surface area contributed by atoms with Crippen molar-refractivity contribution in [1.82, 2.24) is 5.32 Å². The Bertz CT molecular complexity index is 455. The van der Waals surface area contributed by atoms with Gasteiger partial charge in [-0.1, -0.05) is 11.6 Å². The van der Waals surface area contributed by atoms with Crippen LogP contribution in [0, 0.1) is 5.92 Å². The first kappa shape index (κ1) is 11.6. The van der Waals surface area contributed by atoms with Gasteiger partial charge < -0.3 is 5.32 Å². The normalized spacial score (nSPS) is 28.6. The standard InChI is InChI=1S/C13H15ClN2S/c1-15-11-3-2-10(14)6-12(11)17-5-4-16-13-7-9(13)8-13/h2-3,6,9,16H,1,4-5,7-8H2. The molecule has 3 rings (SSSR count). The van der Waals surface area contributed by atoms with E-state index in [1.807, 2.05) is 18.2 Å². The van der Waals surface area contributed by atoms with E-state index in [9.17, 15) is 0 Å². The summed E-state index contributed by atoms with van der Waals surface area (Å²) >= 11 is 7.78. The van der Waals surface area contributed by atoms with Gasteiger partial charge in [-0.25, -0.2) is 0 Å². The minimum atomic E-state index is 0.578. The average Bonchev–Trinajstić information content (AvgIpc) is 3.14. The lowest BCUT2D eigenvalue weighted by Gasteiger charge is -2.08. The molecule has 0 atom stereocenters. The van der Waals surface area contributed by atoms with E-state index in [1.54, 1.807) is 11.8 Å². The van der Waals surface area contributed by atoms with Crippen LogP contribution in [0.15, 0.2) is 28.1 Å². The average molecular weight is 267 g/mol. The molecule has 0 heterocycles. The maximum absolute atomic E-state index is 5.98. The van der Waals surface area contributed by atoms with Gasteiger partial charge in [0.05, 0.1) is 5.69 Å². The Hall–Kier alpha value is -0.510. The Balaban J connectivity index is 1.52. The number of halogens is 1. The van der Waals surface area contributed by atoms with Crippen LogP contribution in [-0.4, -0.2) is 24.6 Å².